The van der Waals surface area contributed by atoms with E-state index in [0.717, 1.165) is 22.3 Å². The fourth-order valence-corrected chi connectivity index (χ4v) is 4.50. The predicted molar refractivity (Wildman–Crippen MR) is 135 cm³/mol. The van der Waals surface area contributed by atoms with E-state index in [-0.39, 0.29) is 17.9 Å². The minimum atomic E-state index is -1.12. The zero-order valence-corrected chi connectivity index (χ0v) is 21.3. The highest BCUT2D eigenvalue weighted by Crippen LogP contribution is 2.44. The molecule has 3 rings (SSSR count). The van der Waals surface area contributed by atoms with Gasteiger partial charge in [-0.3, -0.25) is 4.79 Å². The molecular weight excluding hydrogens is 444 g/mol. The van der Waals surface area contributed by atoms with E-state index in [4.69, 9.17) is 4.74 Å². The minimum Gasteiger partial charge on any atom is -0.480 e. The van der Waals surface area contributed by atoms with Crippen molar-refractivity contribution < 1.29 is 24.2 Å². The topological polar surface area (TPSA) is 105 Å². The van der Waals surface area contributed by atoms with E-state index in [2.05, 4.69) is 22.8 Å². The summed E-state index contributed by atoms with van der Waals surface area (Å²) < 4.78 is 5.61. The molecule has 1 unspecified atom stereocenters. The lowest BCUT2D eigenvalue weighted by Gasteiger charge is -2.31. The van der Waals surface area contributed by atoms with Crippen molar-refractivity contribution in [1.29, 1.82) is 0 Å². The van der Waals surface area contributed by atoms with Gasteiger partial charge in [0.1, 0.15) is 18.7 Å². The van der Waals surface area contributed by atoms with Crippen molar-refractivity contribution in [3.8, 4) is 11.1 Å². The van der Waals surface area contributed by atoms with Crippen LogP contribution in [0.15, 0.2) is 48.5 Å². The van der Waals surface area contributed by atoms with Crippen LogP contribution in [0.5, 0.6) is 0 Å². The zero-order valence-electron chi connectivity index (χ0n) is 21.3. The Morgan fingerprint density at radius 3 is 1.86 bits per heavy atom. The van der Waals surface area contributed by atoms with E-state index in [9.17, 15) is 19.5 Å². The first-order valence-electron chi connectivity index (χ1n) is 11.9. The average molecular weight is 481 g/mol. The van der Waals surface area contributed by atoms with Crippen molar-refractivity contribution in [3.63, 3.8) is 0 Å². The van der Waals surface area contributed by atoms with Gasteiger partial charge in [0.25, 0.3) is 0 Å². The molecular formula is C28H36N2O5. The van der Waals surface area contributed by atoms with Gasteiger partial charge in [-0.1, -0.05) is 90.1 Å². The van der Waals surface area contributed by atoms with E-state index in [1.807, 2.05) is 57.2 Å². The van der Waals surface area contributed by atoms with Crippen molar-refractivity contribution in [1.82, 2.24) is 10.6 Å². The largest absolute Gasteiger partial charge is 0.480 e. The monoisotopic (exact) mass is 480 g/mol. The number of carbonyl (C=O) groups is 3. The van der Waals surface area contributed by atoms with Crippen LogP contribution in [0, 0.1) is 10.8 Å². The molecule has 2 aromatic carbocycles. The van der Waals surface area contributed by atoms with Crippen LogP contribution in [0.3, 0.4) is 0 Å². The van der Waals surface area contributed by atoms with Crippen LogP contribution in [-0.4, -0.2) is 41.8 Å². The first-order chi connectivity index (χ1) is 16.3. The van der Waals surface area contributed by atoms with E-state index < -0.39 is 35.5 Å². The summed E-state index contributed by atoms with van der Waals surface area (Å²) in [5.41, 5.74) is 3.46. The maximum Gasteiger partial charge on any atom is 0.407 e. The zero-order chi connectivity index (χ0) is 26.0. The summed E-state index contributed by atoms with van der Waals surface area (Å²) >= 11 is 0. The molecule has 7 heteroatoms. The lowest BCUT2D eigenvalue weighted by molar-refractivity contribution is -0.145. The van der Waals surface area contributed by atoms with Gasteiger partial charge >= 0.3 is 12.1 Å². The number of aliphatic carboxylic acids is 1. The molecule has 0 saturated carbocycles. The van der Waals surface area contributed by atoms with Crippen LogP contribution in [0.25, 0.3) is 11.1 Å². The van der Waals surface area contributed by atoms with Crippen LogP contribution >= 0.6 is 0 Å². The molecule has 2 amide bonds. The minimum absolute atomic E-state index is 0.0969. The highest BCUT2D eigenvalue weighted by atomic mass is 16.5. The van der Waals surface area contributed by atoms with E-state index >= 15 is 0 Å². The third kappa shape index (κ3) is 6.41. The Morgan fingerprint density at radius 2 is 1.40 bits per heavy atom. The van der Waals surface area contributed by atoms with Crippen LogP contribution in [0.2, 0.25) is 0 Å². The average Bonchev–Trinajstić information content (AvgIpc) is 3.07. The predicted octanol–water partition coefficient (Wildman–Crippen LogP) is 4.95. The molecule has 188 valence electrons. The number of hydrogen-bond acceptors (Lipinski definition) is 4. The maximum absolute atomic E-state index is 13.1. The summed E-state index contributed by atoms with van der Waals surface area (Å²) in [5.74, 6) is -1.77. The molecule has 0 bridgehead atoms. The molecule has 0 aromatic heterocycles. The molecule has 0 saturated heterocycles. The molecule has 35 heavy (non-hydrogen) atoms. The Hall–Kier alpha value is -3.35. The van der Waals surface area contributed by atoms with Gasteiger partial charge in [0, 0.05) is 5.92 Å². The fraction of sp³-hybridized carbons (Fsp3) is 0.464. The molecule has 3 N–H and O–H groups in total. The number of nitrogens with one attached hydrogen (secondary N) is 2. The molecule has 1 aliphatic carbocycles. The third-order valence-electron chi connectivity index (χ3n) is 6.17. The second-order valence-corrected chi connectivity index (χ2v) is 11.4. The van der Waals surface area contributed by atoms with Gasteiger partial charge in [-0.15, -0.1) is 0 Å². The smallest absolute Gasteiger partial charge is 0.407 e. The second kappa shape index (κ2) is 10.1. The van der Waals surface area contributed by atoms with E-state index in [0.29, 0.717) is 6.42 Å². The lowest BCUT2D eigenvalue weighted by Crippen LogP contribution is -2.56. The van der Waals surface area contributed by atoms with Crippen LogP contribution in [0.1, 0.15) is 65.0 Å². The number of carboxylic acids is 1. The first kappa shape index (κ1) is 26.3. The number of carboxylic acid groups (broad SMARTS) is 1. The Balaban J connectivity index is 1.72. The Labute approximate surface area is 207 Å². The van der Waals surface area contributed by atoms with Gasteiger partial charge in [0.05, 0.1) is 0 Å². The number of rotatable bonds is 7. The number of alkyl carbamates (subject to hydrolysis) is 1. The van der Waals surface area contributed by atoms with Crippen molar-refractivity contribution >= 4 is 18.0 Å². The highest BCUT2D eigenvalue weighted by Gasteiger charge is 2.36. The van der Waals surface area contributed by atoms with Crippen LogP contribution in [-0.2, 0) is 14.3 Å². The van der Waals surface area contributed by atoms with Gasteiger partial charge in [0.2, 0.25) is 5.91 Å². The molecule has 0 heterocycles. The molecule has 0 spiro atoms. The summed E-state index contributed by atoms with van der Waals surface area (Å²) in [6.45, 7) is 11.2. The SMILES string of the molecule is CC(C)(C)CC(NC(=O)OCC1c2ccccc2-c2ccccc21)C(=O)N[C@@H](C(=O)O)C(C)(C)C. The second-order valence-electron chi connectivity index (χ2n) is 11.4. The number of carbonyl (C=O) groups excluding carboxylic acids is 2. The first-order valence-corrected chi connectivity index (χ1v) is 11.9. The van der Waals surface area contributed by atoms with Crippen LogP contribution < -0.4 is 10.6 Å². The number of benzene rings is 2. The van der Waals surface area contributed by atoms with Gasteiger partial charge in [-0.2, -0.15) is 0 Å². The Morgan fingerprint density at radius 1 is 0.886 bits per heavy atom. The molecule has 0 aliphatic heterocycles. The number of hydrogen-bond donors (Lipinski definition) is 3. The third-order valence-corrected chi connectivity index (χ3v) is 6.17. The van der Waals surface area contributed by atoms with Gasteiger partial charge in [-0.25, -0.2) is 9.59 Å². The van der Waals surface area contributed by atoms with Crippen molar-refractivity contribution in [2.24, 2.45) is 10.8 Å². The van der Waals surface area contributed by atoms with Gasteiger partial charge in [0.15, 0.2) is 0 Å². The van der Waals surface area contributed by atoms with Crippen molar-refractivity contribution in [3.05, 3.63) is 59.7 Å². The molecule has 1 aliphatic rings. The molecule has 0 radical (unpaired) electrons. The summed E-state index contributed by atoms with van der Waals surface area (Å²) in [7, 11) is 0. The number of fused-ring (bicyclic) bond motifs is 3. The quantitative estimate of drug-likeness (QED) is 0.520. The normalized spacial score (nSPS) is 14.9. The molecule has 2 atom stereocenters. The van der Waals surface area contributed by atoms with Crippen molar-refractivity contribution in [2.75, 3.05) is 6.61 Å². The highest BCUT2D eigenvalue weighted by molar-refractivity contribution is 5.89. The van der Waals surface area contributed by atoms with Gasteiger partial charge in [-0.05, 0) is 39.5 Å². The summed E-state index contributed by atoms with van der Waals surface area (Å²) in [6, 6.07) is 14.1. The number of ether oxygens (including phenoxy) is 1. The lowest BCUT2D eigenvalue weighted by atomic mass is 9.85. The van der Waals surface area contributed by atoms with E-state index in [1.165, 1.54) is 0 Å². The summed E-state index contributed by atoms with van der Waals surface area (Å²) in [5, 5.41) is 14.9. The molecule has 7 nitrogen and oxygen atoms in total. The maximum atomic E-state index is 13.1. The Bertz CT molecular complexity index is 1050. The van der Waals surface area contributed by atoms with Gasteiger partial charge < -0.3 is 20.5 Å². The van der Waals surface area contributed by atoms with Crippen LogP contribution in [0.4, 0.5) is 4.79 Å². The summed E-state index contributed by atoms with van der Waals surface area (Å²) in [6.07, 6.45) is -0.390. The molecule has 2 aromatic rings. The standard InChI is InChI=1S/C28H36N2O5/c1-27(2,3)15-22(24(31)30-23(25(32)33)28(4,5)6)29-26(34)35-16-21-19-13-9-7-11-17(19)18-12-8-10-14-20(18)21/h7-14,21-23H,15-16H2,1-6H3,(H,29,34)(H,30,31)(H,32,33)/t22?,23-/m0/s1. The summed E-state index contributed by atoms with van der Waals surface area (Å²) in [4.78, 5) is 37.6. The Kier molecular flexibility index (Phi) is 7.58. The van der Waals surface area contributed by atoms with E-state index in [1.54, 1.807) is 20.8 Å². The number of amides is 2. The molecule has 0 fully saturated rings. The van der Waals surface area contributed by atoms with Crippen molar-refractivity contribution in [2.45, 2.75) is 66.0 Å². The fourth-order valence-electron chi connectivity index (χ4n) is 4.50.